The van der Waals surface area contributed by atoms with Gasteiger partial charge >= 0.3 is 0 Å². The Morgan fingerprint density at radius 2 is 1.97 bits per heavy atom. The maximum absolute atomic E-state index is 12.9. The molecule has 0 bridgehead atoms. The molecule has 1 N–H and O–H groups in total. The molecule has 1 aromatic heterocycles. The Labute approximate surface area is 175 Å². The fraction of sp³-hybridized carbons (Fsp3) is 0.524. The number of ether oxygens (including phenoxy) is 1. The summed E-state index contributed by atoms with van der Waals surface area (Å²) in [7, 11) is 1.70. The molecule has 8 heteroatoms. The Balaban J connectivity index is 1.41. The van der Waals surface area contributed by atoms with E-state index in [9.17, 15) is 9.18 Å². The van der Waals surface area contributed by atoms with Crippen molar-refractivity contribution < 1.29 is 13.9 Å². The van der Waals surface area contributed by atoms with Crippen LogP contribution in [0.25, 0.3) is 0 Å². The molecule has 0 spiro atoms. The number of carbonyl (C=O) groups excluding carboxylic acids is 1. The van der Waals surface area contributed by atoms with E-state index in [0.717, 1.165) is 55.4 Å². The molecule has 6 nitrogen and oxygen atoms in total. The van der Waals surface area contributed by atoms with Crippen molar-refractivity contribution in [2.45, 2.75) is 32.5 Å². The SMILES string of the molecule is COC(C)c1nc(CN2CCCN(CC(=O)NCc3ccc(F)cc3)CC2)cs1. The van der Waals surface area contributed by atoms with E-state index < -0.39 is 0 Å². The van der Waals surface area contributed by atoms with Gasteiger partial charge in [0.15, 0.2) is 0 Å². The van der Waals surface area contributed by atoms with Gasteiger partial charge in [0.2, 0.25) is 5.91 Å². The fourth-order valence-electron chi connectivity index (χ4n) is 3.31. The fourth-order valence-corrected chi connectivity index (χ4v) is 4.16. The summed E-state index contributed by atoms with van der Waals surface area (Å²) in [6.45, 7) is 7.33. The van der Waals surface area contributed by atoms with Gasteiger partial charge in [-0.2, -0.15) is 0 Å². The van der Waals surface area contributed by atoms with E-state index in [-0.39, 0.29) is 17.8 Å². The topological polar surface area (TPSA) is 57.7 Å². The molecular formula is C21H29FN4O2S. The Morgan fingerprint density at radius 1 is 1.24 bits per heavy atom. The van der Waals surface area contributed by atoms with Crippen molar-refractivity contribution in [3.8, 4) is 0 Å². The predicted octanol–water partition coefficient (Wildman–Crippen LogP) is 2.81. The number of nitrogens with zero attached hydrogens (tertiary/aromatic N) is 3. The molecule has 1 aliphatic heterocycles. The predicted molar refractivity (Wildman–Crippen MR) is 112 cm³/mol. The van der Waals surface area contributed by atoms with Crippen molar-refractivity contribution >= 4 is 17.2 Å². The van der Waals surface area contributed by atoms with Crippen LogP contribution in [-0.2, 0) is 22.6 Å². The zero-order valence-corrected chi connectivity index (χ0v) is 17.9. The molecule has 0 aliphatic carbocycles. The summed E-state index contributed by atoms with van der Waals surface area (Å²) in [6.07, 6.45) is 1.05. The van der Waals surface area contributed by atoms with Crippen LogP contribution in [0.5, 0.6) is 0 Å². The van der Waals surface area contributed by atoms with E-state index >= 15 is 0 Å². The molecule has 1 atom stereocenters. The van der Waals surface area contributed by atoms with Crippen molar-refractivity contribution in [2.75, 3.05) is 39.8 Å². The lowest BCUT2D eigenvalue weighted by Crippen LogP contribution is -2.39. The van der Waals surface area contributed by atoms with E-state index in [1.54, 1.807) is 30.6 Å². The van der Waals surface area contributed by atoms with E-state index in [0.29, 0.717) is 13.1 Å². The number of thiazole rings is 1. The number of benzene rings is 1. The summed E-state index contributed by atoms with van der Waals surface area (Å²) in [6, 6.07) is 6.20. The first-order chi connectivity index (χ1) is 14.0. The Morgan fingerprint density at radius 3 is 2.72 bits per heavy atom. The zero-order valence-electron chi connectivity index (χ0n) is 17.1. The van der Waals surface area contributed by atoms with Crippen molar-refractivity contribution in [3.05, 3.63) is 51.7 Å². The second kappa shape index (κ2) is 10.8. The van der Waals surface area contributed by atoms with Crippen LogP contribution in [0.15, 0.2) is 29.6 Å². The number of amides is 1. The summed E-state index contributed by atoms with van der Waals surface area (Å²) in [5, 5.41) is 6.04. The lowest BCUT2D eigenvalue weighted by Gasteiger charge is -2.21. The number of halogens is 1. The third-order valence-corrected chi connectivity index (χ3v) is 6.16. The molecule has 3 rings (SSSR count). The number of rotatable bonds is 8. The quantitative estimate of drug-likeness (QED) is 0.712. The maximum atomic E-state index is 12.9. The second-order valence-electron chi connectivity index (χ2n) is 7.36. The Hall–Kier alpha value is -1.87. The lowest BCUT2D eigenvalue weighted by molar-refractivity contribution is -0.122. The average Bonchev–Trinajstić information content (AvgIpc) is 3.08. The number of carbonyl (C=O) groups is 1. The average molecular weight is 421 g/mol. The Bertz CT molecular complexity index is 783. The number of hydrogen-bond donors (Lipinski definition) is 1. The third kappa shape index (κ3) is 6.85. The monoisotopic (exact) mass is 420 g/mol. The van der Waals surface area contributed by atoms with E-state index in [1.165, 1.54) is 12.1 Å². The van der Waals surface area contributed by atoms with Crippen LogP contribution in [-0.4, -0.2) is 60.5 Å². The first-order valence-electron chi connectivity index (χ1n) is 9.96. The highest BCUT2D eigenvalue weighted by atomic mass is 32.1. The number of nitrogens with one attached hydrogen (secondary N) is 1. The van der Waals surface area contributed by atoms with E-state index in [2.05, 4.69) is 25.5 Å². The molecule has 1 amide bonds. The molecule has 0 saturated carbocycles. The molecule has 29 heavy (non-hydrogen) atoms. The Kier molecular flexibility index (Phi) is 8.11. The molecule has 1 aromatic carbocycles. The first kappa shape index (κ1) is 21.8. The first-order valence-corrected chi connectivity index (χ1v) is 10.8. The largest absolute Gasteiger partial charge is 0.375 e. The van der Waals surface area contributed by atoms with Crippen molar-refractivity contribution in [1.82, 2.24) is 20.1 Å². The highest BCUT2D eigenvalue weighted by molar-refractivity contribution is 7.09. The van der Waals surface area contributed by atoms with Crippen LogP contribution >= 0.6 is 11.3 Å². The van der Waals surface area contributed by atoms with Gasteiger partial charge in [-0.1, -0.05) is 12.1 Å². The highest BCUT2D eigenvalue weighted by Crippen LogP contribution is 2.21. The maximum Gasteiger partial charge on any atom is 0.234 e. The molecule has 1 saturated heterocycles. The molecular weight excluding hydrogens is 391 g/mol. The highest BCUT2D eigenvalue weighted by Gasteiger charge is 2.18. The van der Waals surface area contributed by atoms with Gasteiger partial charge in [-0.25, -0.2) is 9.37 Å². The molecule has 2 heterocycles. The lowest BCUT2D eigenvalue weighted by atomic mass is 10.2. The van der Waals surface area contributed by atoms with Crippen LogP contribution in [0.3, 0.4) is 0 Å². The summed E-state index contributed by atoms with van der Waals surface area (Å²) in [5.74, 6) is -0.267. The smallest absolute Gasteiger partial charge is 0.234 e. The molecule has 158 valence electrons. The molecule has 1 unspecified atom stereocenters. The van der Waals surface area contributed by atoms with Gasteiger partial charge < -0.3 is 10.1 Å². The number of aromatic nitrogens is 1. The summed E-state index contributed by atoms with van der Waals surface area (Å²) >= 11 is 1.64. The summed E-state index contributed by atoms with van der Waals surface area (Å²) in [4.78, 5) is 21.5. The van der Waals surface area contributed by atoms with Gasteiger partial charge in [0.05, 0.1) is 12.2 Å². The van der Waals surface area contributed by atoms with Gasteiger partial charge in [0, 0.05) is 38.7 Å². The number of methoxy groups -OCH3 is 1. The van der Waals surface area contributed by atoms with Crippen LogP contribution in [0, 0.1) is 5.82 Å². The van der Waals surface area contributed by atoms with E-state index in [1.807, 2.05) is 6.92 Å². The molecule has 1 fully saturated rings. The zero-order chi connectivity index (χ0) is 20.6. The molecule has 0 radical (unpaired) electrons. The van der Waals surface area contributed by atoms with Crippen LogP contribution in [0.4, 0.5) is 4.39 Å². The normalized spacial score (nSPS) is 17.1. The van der Waals surface area contributed by atoms with Crippen LogP contribution in [0.1, 0.15) is 35.7 Å². The van der Waals surface area contributed by atoms with Crippen molar-refractivity contribution in [2.24, 2.45) is 0 Å². The van der Waals surface area contributed by atoms with Gasteiger partial charge in [0.1, 0.15) is 16.9 Å². The van der Waals surface area contributed by atoms with Gasteiger partial charge in [-0.15, -0.1) is 11.3 Å². The minimum Gasteiger partial charge on any atom is -0.375 e. The van der Waals surface area contributed by atoms with Gasteiger partial charge in [0.25, 0.3) is 0 Å². The van der Waals surface area contributed by atoms with Crippen molar-refractivity contribution in [1.29, 1.82) is 0 Å². The van der Waals surface area contributed by atoms with Crippen LogP contribution in [0.2, 0.25) is 0 Å². The van der Waals surface area contributed by atoms with Gasteiger partial charge in [-0.3, -0.25) is 14.6 Å². The summed E-state index contributed by atoms with van der Waals surface area (Å²) in [5.41, 5.74) is 1.98. The second-order valence-corrected chi connectivity index (χ2v) is 8.25. The van der Waals surface area contributed by atoms with Crippen LogP contribution < -0.4 is 5.32 Å². The van der Waals surface area contributed by atoms with Crippen molar-refractivity contribution in [3.63, 3.8) is 0 Å². The number of hydrogen-bond acceptors (Lipinski definition) is 6. The minimum atomic E-state index is -0.267. The standard InChI is InChI=1S/C21H29FN4O2S/c1-16(28-2)21-24-19(15-29-21)13-25-8-3-9-26(11-10-25)14-20(27)23-12-17-4-6-18(22)7-5-17/h4-7,15-16H,3,8-14H2,1-2H3,(H,23,27). The molecule has 2 aromatic rings. The minimum absolute atomic E-state index is 0.000436. The molecule has 1 aliphatic rings. The van der Waals surface area contributed by atoms with E-state index in [4.69, 9.17) is 4.74 Å². The van der Waals surface area contributed by atoms with Gasteiger partial charge in [-0.05, 0) is 44.1 Å². The third-order valence-electron chi connectivity index (χ3n) is 5.11. The summed E-state index contributed by atoms with van der Waals surface area (Å²) < 4.78 is 18.3.